The molecule has 0 aromatic heterocycles. The van der Waals surface area contributed by atoms with Gasteiger partial charge in [0.1, 0.15) is 33.9 Å². The van der Waals surface area contributed by atoms with Crippen molar-refractivity contribution >= 4 is 34.6 Å². The Morgan fingerprint density at radius 1 is 1.14 bits per heavy atom. The molecule has 0 amide bonds. The van der Waals surface area contributed by atoms with Crippen LogP contribution >= 0.6 is 23.2 Å². The first-order chi connectivity index (χ1) is 10.4. The Morgan fingerprint density at radius 2 is 1.86 bits per heavy atom. The molecule has 0 unspecified atom stereocenters. The first kappa shape index (κ1) is 16.4. The molecule has 0 radical (unpaired) electrons. The van der Waals surface area contributed by atoms with Crippen LogP contribution in [0.5, 0.6) is 17.2 Å². The minimum Gasteiger partial charge on any atom is -0.508 e. The number of aromatic hydroxyl groups is 2. The summed E-state index contributed by atoms with van der Waals surface area (Å²) in [5, 5.41) is 22.5. The molecule has 0 saturated heterocycles. The number of hydrogen-bond acceptors (Lipinski definition) is 5. The lowest BCUT2D eigenvalue weighted by molar-refractivity contribution is 0.331. The fourth-order valence-electron chi connectivity index (χ4n) is 1.80. The van der Waals surface area contributed by atoms with E-state index in [2.05, 4.69) is 5.32 Å². The van der Waals surface area contributed by atoms with Crippen LogP contribution in [0, 0.1) is 6.92 Å². The van der Waals surface area contributed by atoms with E-state index in [0.717, 1.165) is 11.3 Å². The highest BCUT2D eigenvalue weighted by Gasteiger charge is 2.13. The van der Waals surface area contributed by atoms with Crippen LogP contribution < -0.4 is 15.8 Å². The molecule has 2 aromatic rings. The molecule has 5 nitrogen and oxygen atoms in total. The van der Waals surface area contributed by atoms with Crippen LogP contribution in [-0.2, 0) is 0 Å². The van der Waals surface area contributed by atoms with E-state index in [0.29, 0.717) is 6.54 Å². The Labute approximate surface area is 138 Å². The molecule has 7 heteroatoms. The van der Waals surface area contributed by atoms with Gasteiger partial charge in [0.2, 0.25) is 0 Å². The van der Waals surface area contributed by atoms with E-state index >= 15 is 0 Å². The molecule has 0 aliphatic rings. The van der Waals surface area contributed by atoms with E-state index in [-0.39, 0.29) is 39.6 Å². The number of phenols is 2. The second kappa shape index (κ2) is 6.85. The molecular weight excluding hydrogens is 327 g/mol. The number of benzene rings is 2. The second-order valence-corrected chi connectivity index (χ2v) is 5.47. The summed E-state index contributed by atoms with van der Waals surface area (Å²) in [5.41, 5.74) is 7.32. The number of nitrogen functional groups attached to an aromatic ring is 1. The number of ether oxygens (including phenoxy) is 1. The number of phenolic OH excluding ortho intramolecular Hbond substituents is 2. The lowest BCUT2D eigenvalue weighted by Gasteiger charge is -2.13. The van der Waals surface area contributed by atoms with Crippen molar-refractivity contribution in [2.24, 2.45) is 0 Å². The van der Waals surface area contributed by atoms with Gasteiger partial charge in [-0.25, -0.2) is 0 Å². The summed E-state index contributed by atoms with van der Waals surface area (Å²) in [6, 6.07) is 6.62. The van der Waals surface area contributed by atoms with Gasteiger partial charge in [0.15, 0.2) is 0 Å². The maximum Gasteiger partial charge on any atom is 0.143 e. The van der Waals surface area contributed by atoms with Gasteiger partial charge in [-0.2, -0.15) is 0 Å². The van der Waals surface area contributed by atoms with Gasteiger partial charge in [-0.1, -0.05) is 29.3 Å². The fraction of sp³-hybridized carbons (Fsp3) is 0.200. The minimum absolute atomic E-state index is 0.00519. The third-order valence-corrected chi connectivity index (χ3v) is 3.87. The summed E-state index contributed by atoms with van der Waals surface area (Å²) in [7, 11) is 0. The fourth-order valence-corrected chi connectivity index (χ4v) is 2.20. The topological polar surface area (TPSA) is 87.7 Å². The third kappa shape index (κ3) is 3.61. The predicted octanol–water partition coefficient (Wildman–Crippen LogP) is 3.79. The number of anilines is 2. The van der Waals surface area contributed by atoms with Crippen LogP contribution in [0.1, 0.15) is 5.56 Å². The molecule has 5 N–H and O–H groups in total. The molecule has 2 rings (SSSR count). The summed E-state index contributed by atoms with van der Waals surface area (Å²) in [6.07, 6.45) is 0. The summed E-state index contributed by atoms with van der Waals surface area (Å²) in [6.45, 7) is 2.58. The van der Waals surface area contributed by atoms with Gasteiger partial charge in [-0.05, 0) is 18.6 Å². The van der Waals surface area contributed by atoms with Crippen LogP contribution in [0.2, 0.25) is 10.0 Å². The summed E-state index contributed by atoms with van der Waals surface area (Å²) in [4.78, 5) is 0. The smallest absolute Gasteiger partial charge is 0.143 e. The Morgan fingerprint density at radius 3 is 2.55 bits per heavy atom. The first-order valence-corrected chi connectivity index (χ1v) is 7.28. The van der Waals surface area contributed by atoms with Crippen LogP contribution in [0.15, 0.2) is 24.3 Å². The Bertz CT molecular complexity index is 693. The zero-order valence-corrected chi connectivity index (χ0v) is 13.4. The monoisotopic (exact) mass is 342 g/mol. The van der Waals surface area contributed by atoms with Crippen LogP contribution in [0.3, 0.4) is 0 Å². The van der Waals surface area contributed by atoms with Crippen molar-refractivity contribution in [1.29, 1.82) is 0 Å². The number of aryl methyl sites for hydroxylation is 1. The molecule has 0 fully saturated rings. The molecule has 0 spiro atoms. The van der Waals surface area contributed by atoms with Crippen LogP contribution in [0.4, 0.5) is 11.4 Å². The van der Waals surface area contributed by atoms with E-state index in [1.165, 1.54) is 6.07 Å². The largest absolute Gasteiger partial charge is 0.508 e. The molecule has 0 heterocycles. The van der Waals surface area contributed by atoms with Crippen molar-refractivity contribution in [3.8, 4) is 17.2 Å². The van der Waals surface area contributed by atoms with Gasteiger partial charge in [-0.15, -0.1) is 0 Å². The van der Waals surface area contributed by atoms with Gasteiger partial charge in [0, 0.05) is 24.4 Å². The van der Waals surface area contributed by atoms with Crippen molar-refractivity contribution in [2.45, 2.75) is 6.92 Å². The van der Waals surface area contributed by atoms with E-state index in [1.807, 2.05) is 19.1 Å². The van der Waals surface area contributed by atoms with Crippen LogP contribution in [0.25, 0.3) is 0 Å². The molecule has 0 saturated carbocycles. The van der Waals surface area contributed by atoms with Crippen LogP contribution in [-0.4, -0.2) is 23.4 Å². The quantitative estimate of drug-likeness (QED) is 0.490. The van der Waals surface area contributed by atoms with Gasteiger partial charge in [-0.3, -0.25) is 0 Å². The minimum atomic E-state index is -0.185. The first-order valence-electron chi connectivity index (χ1n) is 6.53. The van der Waals surface area contributed by atoms with E-state index in [9.17, 15) is 10.2 Å². The van der Waals surface area contributed by atoms with Crippen molar-refractivity contribution in [2.75, 3.05) is 24.2 Å². The highest BCUT2D eigenvalue weighted by molar-refractivity contribution is 6.40. The Kier molecular flexibility index (Phi) is 5.11. The summed E-state index contributed by atoms with van der Waals surface area (Å²) in [5.74, 6) is 0.300. The molecule has 2 aromatic carbocycles. The Hall–Kier alpha value is -1.98. The lowest BCUT2D eigenvalue weighted by Crippen LogP contribution is -2.12. The van der Waals surface area contributed by atoms with E-state index in [1.54, 1.807) is 6.07 Å². The summed E-state index contributed by atoms with van der Waals surface area (Å²) >= 11 is 11.8. The number of halogens is 2. The Balaban J connectivity index is 1.93. The maximum absolute atomic E-state index is 9.62. The number of nitrogens with two attached hydrogens (primary N) is 1. The highest BCUT2D eigenvalue weighted by Crippen LogP contribution is 2.41. The lowest BCUT2D eigenvalue weighted by atomic mass is 10.2. The van der Waals surface area contributed by atoms with Gasteiger partial charge < -0.3 is 26.0 Å². The average Bonchev–Trinajstić information content (AvgIpc) is 2.50. The SMILES string of the molecule is Cc1ccc(NCCOc2cc(O)c(Cl)c(N)c2Cl)cc1O. The third-order valence-electron chi connectivity index (χ3n) is 3.08. The normalized spacial score (nSPS) is 10.5. The summed E-state index contributed by atoms with van der Waals surface area (Å²) < 4.78 is 5.47. The van der Waals surface area contributed by atoms with Gasteiger partial charge in [0.05, 0.1) is 5.69 Å². The zero-order chi connectivity index (χ0) is 16.3. The number of nitrogens with one attached hydrogen (secondary N) is 1. The van der Waals surface area contributed by atoms with Crippen molar-refractivity contribution in [1.82, 2.24) is 0 Å². The molecule has 118 valence electrons. The maximum atomic E-state index is 9.62. The molecule has 0 aliphatic carbocycles. The highest BCUT2D eigenvalue weighted by atomic mass is 35.5. The molecule has 22 heavy (non-hydrogen) atoms. The predicted molar refractivity (Wildman–Crippen MR) is 89.4 cm³/mol. The average molecular weight is 343 g/mol. The van der Waals surface area contributed by atoms with Gasteiger partial charge >= 0.3 is 0 Å². The van der Waals surface area contributed by atoms with Crippen molar-refractivity contribution in [3.63, 3.8) is 0 Å². The molecule has 0 bridgehead atoms. The van der Waals surface area contributed by atoms with E-state index in [4.69, 9.17) is 33.7 Å². The van der Waals surface area contributed by atoms with Crippen molar-refractivity contribution < 1.29 is 14.9 Å². The molecule has 0 atom stereocenters. The van der Waals surface area contributed by atoms with E-state index < -0.39 is 0 Å². The van der Waals surface area contributed by atoms with Crippen molar-refractivity contribution in [3.05, 3.63) is 39.9 Å². The second-order valence-electron chi connectivity index (χ2n) is 4.71. The molecule has 0 aliphatic heterocycles. The standard InChI is InChI=1S/C15H16Cl2N2O3/c1-8-2-3-9(6-10(8)20)19-4-5-22-12-7-11(21)13(16)15(18)14(12)17/h2-3,6-7,19-21H,4-5,18H2,1H3. The number of rotatable bonds is 5. The molecular formula is C15H16Cl2N2O3. The number of hydrogen-bond donors (Lipinski definition) is 4. The van der Waals surface area contributed by atoms with Gasteiger partial charge in [0.25, 0.3) is 0 Å². The zero-order valence-electron chi connectivity index (χ0n) is 11.9.